The van der Waals surface area contributed by atoms with Crippen molar-refractivity contribution in [1.82, 2.24) is 39.0 Å². The summed E-state index contributed by atoms with van der Waals surface area (Å²) >= 11 is 5.97. The highest BCUT2D eigenvalue weighted by Gasteiger charge is 2.55. The highest BCUT2D eigenvalue weighted by atomic mass is 32.5. The Bertz CT molecular complexity index is 2550. The zero-order valence-electron chi connectivity index (χ0n) is 35.3. The van der Waals surface area contributed by atoms with Gasteiger partial charge >= 0.3 is 8.25 Å². The van der Waals surface area contributed by atoms with Crippen LogP contribution in [0.3, 0.4) is 0 Å². The van der Waals surface area contributed by atoms with Crippen LogP contribution in [0.15, 0.2) is 54.1 Å². The van der Waals surface area contributed by atoms with Crippen molar-refractivity contribution in [3.63, 3.8) is 0 Å². The lowest BCUT2D eigenvalue weighted by atomic mass is 10.0. The number of H-pyrrole nitrogens is 1. The number of aryl methyl sites for hydroxylation is 1. The molecule has 20 nitrogen and oxygen atoms in total. The Morgan fingerprint density at radius 1 is 1.02 bits per heavy atom. The number of nitrogens with one attached hydrogen (secondary N) is 2. The summed E-state index contributed by atoms with van der Waals surface area (Å²) in [6.45, 7) is 11.6. The number of anilines is 1. The van der Waals surface area contributed by atoms with Crippen LogP contribution >= 0.6 is 14.7 Å². The normalized spacial score (nSPS) is 25.3. The molecule has 0 aliphatic carbocycles. The van der Waals surface area contributed by atoms with Gasteiger partial charge in [0.2, 0.25) is 0 Å². The summed E-state index contributed by atoms with van der Waals surface area (Å²) in [4.78, 5) is 60.6. The zero-order chi connectivity index (χ0) is 45.3. The van der Waals surface area contributed by atoms with Gasteiger partial charge in [0.05, 0.1) is 32.0 Å². The van der Waals surface area contributed by atoms with E-state index in [0.717, 1.165) is 0 Å². The van der Waals surface area contributed by atoms with Crippen molar-refractivity contribution in [3.8, 4) is 12.8 Å². The number of aromatic amines is 1. The molecule has 0 saturated carbocycles. The van der Waals surface area contributed by atoms with E-state index in [-0.39, 0.29) is 40.8 Å². The number of aliphatic hydroxyl groups excluding tert-OH is 1. The predicted molar refractivity (Wildman–Crippen MR) is 234 cm³/mol. The number of carbonyl (C=O) groups excluding carboxylic acids is 1. The van der Waals surface area contributed by atoms with E-state index in [1.807, 2.05) is 20.0 Å². The standard InChI is InChI=1S/C36H47N9O11P2SSi.C2H2/c1-19-22(14-46)52-34(45-18-40-25-31(45)41-20(2)42-33(25)48)26(19)55-58(6,59)51-15-23-27(54-57(49)50)28(56-60(7,8)36(3,4)5)35(53-23)44-17-39-24-29(37-16-38-30(24)44)43-32(47)21-12-10-9-11-13-21;1-2/h9-13,16-19,22-23,26-28,34-35,46H,14-15H2,1-8H3,(H2-,37,38,41,42,43,47,48,49,50);1-2H/p+1/t19?,22-,23-,26+,27+,28?,34-,35-,58?;/m1./s1. The van der Waals surface area contributed by atoms with Gasteiger partial charge in [-0.3, -0.25) is 18.7 Å². The van der Waals surface area contributed by atoms with Crippen molar-refractivity contribution < 1.29 is 46.8 Å². The van der Waals surface area contributed by atoms with Crippen LogP contribution in [0.2, 0.25) is 18.1 Å². The second-order valence-electron chi connectivity index (χ2n) is 16.3. The average molecular weight is 931 g/mol. The van der Waals surface area contributed by atoms with E-state index in [0.29, 0.717) is 17.0 Å². The fourth-order valence-corrected chi connectivity index (χ4v) is 10.4. The number of imidazole rings is 2. The van der Waals surface area contributed by atoms with Crippen LogP contribution in [0.5, 0.6) is 0 Å². The molecule has 4 N–H and O–H groups in total. The molecular formula is C38H50N9O11P2SSi+. The van der Waals surface area contributed by atoms with Gasteiger partial charge in [-0.05, 0) is 49.0 Å². The molecule has 0 bridgehead atoms. The molecule has 2 aliphatic rings. The smallest absolute Gasteiger partial charge is 0.406 e. The first-order valence-corrected chi connectivity index (χ1v) is 26.5. The van der Waals surface area contributed by atoms with E-state index in [1.54, 1.807) is 53.1 Å². The summed E-state index contributed by atoms with van der Waals surface area (Å²) in [5, 5.41) is 12.7. The highest BCUT2D eigenvalue weighted by Crippen LogP contribution is 2.53. The summed E-state index contributed by atoms with van der Waals surface area (Å²) in [7, 11) is -5.82. The third-order valence-electron chi connectivity index (χ3n) is 11.1. The van der Waals surface area contributed by atoms with E-state index in [9.17, 15) is 24.2 Å². The minimum Gasteiger partial charge on any atom is -0.406 e. The fraction of sp³-hybridized carbons (Fsp3) is 0.500. The molecule has 4 aromatic heterocycles. The second-order valence-corrected chi connectivity index (χ2v) is 25.7. The molecule has 332 valence electrons. The Hall–Kier alpha value is -4.20. The Labute approximate surface area is 364 Å². The van der Waals surface area contributed by atoms with Crippen molar-refractivity contribution in [2.24, 2.45) is 5.92 Å². The van der Waals surface area contributed by atoms with Crippen LogP contribution in [0.25, 0.3) is 22.3 Å². The maximum atomic E-state index is 13.1. The maximum absolute atomic E-state index is 13.1. The van der Waals surface area contributed by atoms with E-state index < -0.39 is 83.4 Å². The van der Waals surface area contributed by atoms with Crippen LogP contribution in [0, 0.1) is 25.7 Å². The highest BCUT2D eigenvalue weighted by molar-refractivity contribution is 8.09. The quantitative estimate of drug-likeness (QED) is 0.0653. The topological polar surface area (TPSA) is 249 Å². The maximum Gasteiger partial charge on any atom is 0.695 e. The molecule has 4 unspecified atom stereocenters. The van der Waals surface area contributed by atoms with Gasteiger partial charge in [0, 0.05) is 22.7 Å². The molecule has 0 radical (unpaired) electrons. The summed E-state index contributed by atoms with van der Waals surface area (Å²) in [5.74, 6) is -0.252. The van der Waals surface area contributed by atoms with Gasteiger partial charge in [0.25, 0.3) is 11.5 Å². The van der Waals surface area contributed by atoms with Gasteiger partial charge < -0.3 is 38.4 Å². The van der Waals surface area contributed by atoms with E-state index in [2.05, 4.69) is 68.8 Å². The molecule has 1 aromatic carbocycles. The van der Waals surface area contributed by atoms with Crippen LogP contribution in [0.1, 0.15) is 56.3 Å². The summed E-state index contributed by atoms with van der Waals surface area (Å²) < 4.78 is 54.1. The number of aliphatic hydroxyl groups is 1. The lowest BCUT2D eigenvalue weighted by Crippen LogP contribution is -2.49. The number of ether oxygens (including phenoxy) is 2. The second kappa shape index (κ2) is 18.9. The summed E-state index contributed by atoms with van der Waals surface area (Å²) in [6.07, 6.45) is 5.67. The molecule has 6 heterocycles. The predicted octanol–water partition coefficient (Wildman–Crippen LogP) is 4.96. The molecule has 62 heavy (non-hydrogen) atoms. The zero-order valence-corrected chi connectivity index (χ0v) is 38.9. The van der Waals surface area contributed by atoms with Gasteiger partial charge in [-0.1, -0.05) is 45.9 Å². The molecule has 1 amide bonds. The number of carbonyl (C=O) groups is 1. The van der Waals surface area contributed by atoms with Crippen LogP contribution in [-0.2, 0) is 43.8 Å². The SMILES string of the molecule is C#C.Cc1nc2c(ncn2[C@@H]2O[C@H](CO)C(C)[C@@H]2OP(C)(=S)OC[C@H]2O[C@@H](n3cnc4c(NC(=O)c5ccccc5)ncnc43)C(O[Si](C)(C)C(C)(C)C)[C@H]2O[P+](=O)O)c(=O)[nH]1. The Balaban J connectivity index is 0.00000316. The van der Waals surface area contributed by atoms with Crippen molar-refractivity contribution in [2.75, 3.05) is 25.2 Å². The van der Waals surface area contributed by atoms with Crippen molar-refractivity contribution in [2.45, 2.75) is 95.7 Å². The Kier molecular flexibility index (Phi) is 14.4. The molecule has 0 spiro atoms. The number of benzene rings is 1. The molecule has 5 aromatic rings. The number of nitrogens with zero attached hydrogens (tertiary/aromatic N) is 7. The van der Waals surface area contributed by atoms with Gasteiger partial charge in [-0.15, -0.1) is 22.3 Å². The molecular weight excluding hydrogens is 881 g/mol. The minimum atomic E-state index is -3.23. The minimum absolute atomic E-state index is 0.108. The van der Waals surface area contributed by atoms with E-state index >= 15 is 0 Å². The Morgan fingerprint density at radius 3 is 2.29 bits per heavy atom. The molecule has 24 heteroatoms. The van der Waals surface area contributed by atoms with E-state index in [1.165, 1.54) is 19.0 Å². The first-order chi connectivity index (χ1) is 29.3. The third kappa shape index (κ3) is 9.79. The van der Waals surface area contributed by atoms with Crippen molar-refractivity contribution in [3.05, 3.63) is 71.1 Å². The molecule has 2 fully saturated rings. The van der Waals surface area contributed by atoms with Gasteiger partial charge in [0.1, 0.15) is 30.5 Å². The number of hydrogen-bond acceptors (Lipinski definition) is 16. The number of fused-ring (bicyclic) bond motifs is 2. The summed E-state index contributed by atoms with van der Waals surface area (Å²) in [5.41, 5.74) is 0.939. The lowest BCUT2D eigenvalue weighted by Gasteiger charge is -2.40. The Morgan fingerprint density at radius 2 is 1.65 bits per heavy atom. The van der Waals surface area contributed by atoms with Gasteiger partial charge in [-0.2, -0.15) is 0 Å². The van der Waals surface area contributed by atoms with Crippen LogP contribution in [-0.4, -0.2) is 114 Å². The number of aromatic nitrogens is 8. The van der Waals surface area contributed by atoms with Crippen LogP contribution in [0.4, 0.5) is 5.82 Å². The largest absolute Gasteiger partial charge is 0.695 e. The molecule has 2 aliphatic heterocycles. The number of rotatable bonds is 14. The lowest BCUT2D eigenvalue weighted by molar-refractivity contribution is -0.0521. The average Bonchev–Trinajstić information content (AvgIpc) is 3.99. The first kappa shape index (κ1) is 47.3. The summed E-state index contributed by atoms with van der Waals surface area (Å²) in [6, 6.07) is 8.65. The first-order valence-electron chi connectivity index (χ1n) is 19.4. The third-order valence-corrected chi connectivity index (χ3v) is 17.8. The fourth-order valence-electron chi connectivity index (χ4n) is 6.95. The van der Waals surface area contributed by atoms with Crippen molar-refractivity contribution >= 4 is 68.9 Å². The van der Waals surface area contributed by atoms with E-state index in [4.69, 9.17) is 39.3 Å². The molecule has 7 rings (SSSR count). The monoisotopic (exact) mass is 930 g/mol. The van der Waals surface area contributed by atoms with Crippen molar-refractivity contribution in [1.29, 1.82) is 0 Å². The molecule has 10 atom stereocenters. The number of hydrogen-bond donors (Lipinski definition) is 4. The number of terminal acetylenes is 1. The van der Waals surface area contributed by atoms with Crippen LogP contribution < -0.4 is 10.9 Å². The molecule has 2 saturated heterocycles. The number of amides is 1. The van der Waals surface area contributed by atoms with Gasteiger partial charge in [-0.25, -0.2) is 24.9 Å². The van der Waals surface area contributed by atoms with Gasteiger partial charge in [0.15, 0.2) is 61.5 Å².